The summed E-state index contributed by atoms with van der Waals surface area (Å²) in [6, 6.07) is 9.35. The Morgan fingerprint density at radius 3 is 2.63 bits per heavy atom. The number of benzene rings is 2. The second-order valence-corrected chi connectivity index (χ2v) is 6.88. The maximum absolute atomic E-state index is 12.0. The van der Waals surface area contributed by atoms with Crippen LogP contribution in [0.2, 0.25) is 5.02 Å². The van der Waals surface area contributed by atoms with E-state index >= 15 is 0 Å². The average molecular weight is 402 g/mol. The molecule has 2 aromatic carbocycles. The van der Waals surface area contributed by atoms with Gasteiger partial charge in [0.2, 0.25) is 5.78 Å². The van der Waals surface area contributed by atoms with E-state index in [9.17, 15) is 19.8 Å². The van der Waals surface area contributed by atoms with Crippen molar-refractivity contribution in [2.75, 3.05) is 0 Å². The van der Waals surface area contributed by atoms with Gasteiger partial charge in [0.1, 0.15) is 11.7 Å². The number of aromatic hydroxyl groups is 1. The fourth-order valence-corrected chi connectivity index (χ4v) is 3.61. The first kappa shape index (κ1) is 17.5. The summed E-state index contributed by atoms with van der Waals surface area (Å²) in [6.45, 7) is 0. The lowest BCUT2D eigenvalue weighted by molar-refractivity contribution is -0.110. The van der Waals surface area contributed by atoms with Crippen molar-refractivity contribution in [1.82, 2.24) is 0 Å². The Labute approximate surface area is 162 Å². The molecular weight excluding hydrogens is 391 g/mol. The summed E-state index contributed by atoms with van der Waals surface area (Å²) in [7, 11) is 0. The summed E-state index contributed by atoms with van der Waals surface area (Å²) in [5, 5.41) is 20.2. The van der Waals surface area contributed by atoms with Gasteiger partial charge in [0.15, 0.2) is 0 Å². The number of fused-ring (bicyclic) bond motifs is 2. The number of allylic oxidation sites excluding steroid dienone is 3. The predicted octanol–water partition coefficient (Wildman–Crippen LogP) is 2.78. The van der Waals surface area contributed by atoms with E-state index < -0.39 is 17.7 Å². The molecule has 5 nitrogen and oxygen atoms in total. The fraction of sp³-hybridized carbons (Fsp3) is 0.0500. The predicted molar refractivity (Wildman–Crippen MR) is 101 cm³/mol. The smallest absolute Gasteiger partial charge is 0.364 e. The summed E-state index contributed by atoms with van der Waals surface area (Å²) in [4.78, 5) is 23.7. The molecule has 2 N–H and O–H groups in total. The van der Waals surface area contributed by atoms with Crippen molar-refractivity contribution < 1.29 is 19.8 Å². The molecule has 1 aliphatic carbocycles. The van der Waals surface area contributed by atoms with Crippen LogP contribution in [0.5, 0.6) is 5.75 Å². The molecule has 2 aliphatic rings. The number of phenols is 1. The van der Waals surface area contributed by atoms with Crippen LogP contribution in [-0.4, -0.2) is 22.0 Å². The highest BCUT2D eigenvalue weighted by atomic mass is 35.5. The van der Waals surface area contributed by atoms with Crippen molar-refractivity contribution in [2.24, 2.45) is 5.92 Å². The molecule has 0 aromatic heterocycles. The largest absolute Gasteiger partial charge is 0.506 e. The lowest BCUT2D eigenvalue weighted by atomic mass is 9.83. The molecule has 2 aromatic rings. The Kier molecular flexibility index (Phi) is 4.13. The number of rotatable bonds is 2. The van der Waals surface area contributed by atoms with Gasteiger partial charge in [-0.1, -0.05) is 41.4 Å². The SMILES string of the molecule is O=C1C=C2[O+]=c3cc(O)c(Cl)cc3=C(c3ccccc3C(=O)O)C2C=C1Cl. The first-order chi connectivity index (χ1) is 12.9. The van der Waals surface area contributed by atoms with Crippen molar-refractivity contribution in [2.45, 2.75) is 0 Å². The normalized spacial score (nSPS) is 18.1. The van der Waals surface area contributed by atoms with Crippen molar-refractivity contribution in [1.29, 1.82) is 0 Å². The van der Waals surface area contributed by atoms with Crippen LogP contribution < -0.4 is 10.6 Å². The number of hydrogen-bond acceptors (Lipinski definition) is 3. The molecule has 0 bridgehead atoms. The Morgan fingerprint density at radius 1 is 1.15 bits per heavy atom. The van der Waals surface area contributed by atoms with Crippen LogP contribution in [0.3, 0.4) is 0 Å². The van der Waals surface area contributed by atoms with Gasteiger partial charge in [-0.15, -0.1) is 0 Å². The molecule has 0 spiro atoms. The molecule has 1 unspecified atom stereocenters. The zero-order valence-electron chi connectivity index (χ0n) is 13.6. The first-order valence-electron chi connectivity index (χ1n) is 7.90. The second kappa shape index (κ2) is 6.37. The number of hydrogen-bond donors (Lipinski definition) is 2. The highest BCUT2D eigenvalue weighted by molar-refractivity contribution is 6.44. The number of carboxylic acids is 1. The monoisotopic (exact) mass is 401 g/mol. The summed E-state index contributed by atoms with van der Waals surface area (Å²) < 4.78 is 5.79. The van der Waals surface area contributed by atoms with Gasteiger partial charge in [-0.2, -0.15) is 0 Å². The summed E-state index contributed by atoms with van der Waals surface area (Å²) in [6.07, 6.45) is 2.79. The molecular formula is C20H11Cl2O5+. The molecule has 1 atom stereocenters. The highest BCUT2D eigenvalue weighted by Crippen LogP contribution is 2.36. The number of halogens is 2. The minimum absolute atomic E-state index is 0.0194. The molecule has 27 heavy (non-hydrogen) atoms. The van der Waals surface area contributed by atoms with E-state index in [1.807, 2.05) is 0 Å². The summed E-state index contributed by atoms with van der Waals surface area (Å²) in [5.41, 5.74) is 1.38. The van der Waals surface area contributed by atoms with Gasteiger partial charge in [0.25, 0.3) is 0 Å². The van der Waals surface area contributed by atoms with Gasteiger partial charge >= 0.3 is 17.2 Å². The van der Waals surface area contributed by atoms with E-state index in [1.54, 1.807) is 18.2 Å². The van der Waals surface area contributed by atoms with Gasteiger partial charge < -0.3 is 10.2 Å². The molecule has 134 valence electrons. The zero-order chi connectivity index (χ0) is 19.3. The van der Waals surface area contributed by atoms with Crippen molar-refractivity contribution >= 4 is 40.5 Å². The number of carboxylic acid groups (broad SMARTS) is 1. The summed E-state index contributed by atoms with van der Waals surface area (Å²) in [5.74, 6) is -1.95. The second-order valence-electron chi connectivity index (χ2n) is 6.07. The van der Waals surface area contributed by atoms with Crippen molar-refractivity contribution in [3.05, 3.63) is 90.6 Å². The number of aromatic carboxylic acids is 1. The Balaban J connectivity index is 2.17. The first-order valence-corrected chi connectivity index (χ1v) is 8.66. The van der Waals surface area contributed by atoms with Crippen LogP contribution in [0.1, 0.15) is 15.9 Å². The van der Waals surface area contributed by atoms with E-state index in [4.69, 9.17) is 27.6 Å². The quantitative estimate of drug-likeness (QED) is 0.757. The van der Waals surface area contributed by atoms with Gasteiger partial charge in [-0.05, 0) is 29.3 Å². The van der Waals surface area contributed by atoms with Crippen molar-refractivity contribution in [3.8, 4) is 5.75 Å². The molecule has 0 saturated carbocycles. The third-order valence-electron chi connectivity index (χ3n) is 4.45. The van der Waals surface area contributed by atoms with E-state index in [0.29, 0.717) is 22.1 Å². The maximum Gasteiger partial charge on any atom is 0.364 e. The van der Waals surface area contributed by atoms with Crippen LogP contribution >= 0.6 is 23.2 Å². The average Bonchev–Trinajstić information content (AvgIpc) is 2.63. The van der Waals surface area contributed by atoms with E-state index in [-0.39, 0.29) is 26.8 Å². The topological polar surface area (TPSA) is 85.9 Å². The van der Waals surface area contributed by atoms with Crippen LogP contribution in [0.25, 0.3) is 5.57 Å². The minimum Gasteiger partial charge on any atom is -0.506 e. The molecule has 7 heteroatoms. The molecule has 0 amide bonds. The number of carbonyl (C=O) groups is 2. The number of carbonyl (C=O) groups excluding carboxylic acids is 1. The highest BCUT2D eigenvalue weighted by Gasteiger charge is 2.38. The molecule has 1 aliphatic heterocycles. The van der Waals surface area contributed by atoms with Gasteiger partial charge in [0, 0.05) is 0 Å². The van der Waals surface area contributed by atoms with Crippen LogP contribution in [-0.2, 0) is 4.79 Å². The Bertz CT molecular complexity index is 1210. The Hall–Kier alpha value is -2.89. The molecule has 0 radical (unpaired) electrons. The third-order valence-corrected chi connectivity index (χ3v) is 5.07. The van der Waals surface area contributed by atoms with Crippen LogP contribution in [0.15, 0.2) is 63.8 Å². The molecule has 0 saturated heterocycles. The minimum atomic E-state index is -1.09. The molecule has 4 rings (SSSR count). The fourth-order valence-electron chi connectivity index (χ4n) is 3.27. The number of phenolic OH excluding ortho intramolecular Hbond substituents is 1. The third kappa shape index (κ3) is 2.85. The van der Waals surface area contributed by atoms with Crippen LogP contribution in [0.4, 0.5) is 0 Å². The molecule has 0 fully saturated rings. The standard InChI is InChI=1S/C20H10Cl2O5/c21-13-5-11-17(7-15(13)23)27-18-8-16(24)14(22)6-12(18)19(11)9-3-1-2-4-10(9)20(25)26/h1-8,11H,(H-,23,24,25,26)/p+1. The van der Waals surface area contributed by atoms with Crippen molar-refractivity contribution in [3.63, 3.8) is 0 Å². The lowest BCUT2D eigenvalue weighted by Gasteiger charge is -2.19. The van der Waals surface area contributed by atoms with Gasteiger partial charge in [-0.25, -0.2) is 9.22 Å². The van der Waals surface area contributed by atoms with E-state index in [2.05, 4.69) is 0 Å². The van der Waals surface area contributed by atoms with Gasteiger partial charge in [0.05, 0.1) is 33.0 Å². The zero-order valence-corrected chi connectivity index (χ0v) is 15.1. The summed E-state index contributed by atoms with van der Waals surface area (Å²) >= 11 is 12.1. The lowest BCUT2D eigenvalue weighted by Crippen LogP contribution is -2.36. The Morgan fingerprint density at radius 2 is 1.89 bits per heavy atom. The number of ketones is 1. The molecule has 1 heterocycles. The maximum atomic E-state index is 12.0. The van der Waals surface area contributed by atoms with E-state index in [1.165, 1.54) is 30.4 Å². The van der Waals surface area contributed by atoms with E-state index in [0.717, 1.165) is 0 Å². The van der Waals surface area contributed by atoms with Crippen LogP contribution in [0, 0.1) is 5.92 Å². The van der Waals surface area contributed by atoms with Gasteiger partial charge in [-0.3, -0.25) is 4.79 Å².